The van der Waals surface area contributed by atoms with Crippen molar-refractivity contribution in [3.8, 4) is 0 Å². The van der Waals surface area contributed by atoms with Crippen molar-refractivity contribution in [3.63, 3.8) is 0 Å². The lowest BCUT2D eigenvalue weighted by Crippen LogP contribution is -3.00. The Hall–Kier alpha value is -3.39. The zero-order valence-corrected chi connectivity index (χ0v) is 16.9. The van der Waals surface area contributed by atoms with Crippen molar-refractivity contribution in [2.24, 2.45) is 0 Å². The summed E-state index contributed by atoms with van der Waals surface area (Å²) in [7, 11) is 0. The number of non-ortho nitro benzene ring substituents is 1. The highest BCUT2D eigenvalue weighted by atomic mass is 79.9. The fraction of sp³-hybridized carbons (Fsp3) is 0.0952. The van der Waals surface area contributed by atoms with Gasteiger partial charge in [-0.3, -0.25) is 19.7 Å². The van der Waals surface area contributed by atoms with Gasteiger partial charge in [0.15, 0.2) is 12.4 Å². The summed E-state index contributed by atoms with van der Waals surface area (Å²) in [4.78, 5) is 35.1. The Morgan fingerprint density at radius 2 is 1.69 bits per heavy atom. The van der Waals surface area contributed by atoms with E-state index in [9.17, 15) is 19.7 Å². The maximum absolute atomic E-state index is 12.4. The van der Waals surface area contributed by atoms with Gasteiger partial charge in [0.1, 0.15) is 5.56 Å². The van der Waals surface area contributed by atoms with Crippen molar-refractivity contribution in [1.82, 2.24) is 5.32 Å². The van der Waals surface area contributed by atoms with Gasteiger partial charge < -0.3 is 22.3 Å². The van der Waals surface area contributed by atoms with Crippen LogP contribution in [0.3, 0.4) is 0 Å². The van der Waals surface area contributed by atoms with Gasteiger partial charge in [-0.25, -0.2) is 0 Å². The molecule has 0 radical (unpaired) electrons. The quantitative estimate of drug-likeness (QED) is 0.229. The number of halogens is 1. The molecule has 0 bridgehead atoms. The van der Waals surface area contributed by atoms with Crippen molar-refractivity contribution in [2.75, 3.05) is 0 Å². The molecule has 0 atom stereocenters. The summed E-state index contributed by atoms with van der Waals surface area (Å²) in [5.41, 5.74) is 1.52. The first kappa shape index (κ1) is 21.9. The molecule has 3 rings (SSSR count). The molecule has 0 spiro atoms. The monoisotopic (exact) mass is 455 g/mol. The molecule has 2 aromatic carbocycles. The SMILES string of the molecule is O=C(C[n+]1cccc(C(=O)NCc2ccccc2)c1)c1cccc([N+](=O)[O-])c1.[Br-]. The van der Waals surface area contributed by atoms with Crippen LogP contribution in [0.1, 0.15) is 26.3 Å². The summed E-state index contributed by atoms with van der Waals surface area (Å²) >= 11 is 0. The van der Waals surface area contributed by atoms with E-state index in [4.69, 9.17) is 0 Å². The fourth-order valence-corrected chi connectivity index (χ4v) is 2.68. The van der Waals surface area contributed by atoms with Crippen LogP contribution >= 0.6 is 0 Å². The van der Waals surface area contributed by atoms with Gasteiger partial charge in [0.2, 0.25) is 12.3 Å². The molecule has 0 saturated heterocycles. The van der Waals surface area contributed by atoms with Crippen LogP contribution in [0.25, 0.3) is 0 Å². The molecule has 3 aromatic rings. The second-order valence-corrected chi connectivity index (χ2v) is 6.16. The van der Waals surface area contributed by atoms with Crippen LogP contribution in [0.2, 0.25) is 0 Å². The smallest absolute Gasteiger partial charge is 0.270 e. The fourth-order valence-electron chi connectivity index (χ4n) is 2.68. The Morgan fingerprint density at radius 1 is 0.966 bits per heavy atom. The number of carbonyl (C=O) groups is 2. The molecule has 1 amide bonds. The predicted octanol–water partition coefficient (Wildman–Crippen LogP) is -0.301. The maximum atomic E-state index is 12.4. The zero-order valence-electron chi connectivity index (χ0n) is 15.3. The van der Waals surface area contributed by atoms with Gasteiger partial charge in [-0.2, -0.15) is 4.57 Å². The Labute approximate surface area is 177 Å². The number of rotatable bonds is 7. The number of hydrogen-bond donors (Lipinski definition) is 1. The van der Waals surface area contributed by atoms with Crippen LogP contribution < -0.4 is 26.9 Å². The largest absolute Gasteiger partial charge is 1.00 e. The van der Waals surface area contributed by atoms with Gasteiger partial charge in [0.05, 0.1) is 4.92 Å². The number of pyridine rings is 1. The van der Waals surface area contributed by atoms with Crippen molar-refractivity contribution in [3.05, 3.63) is 106 Å². The van der Waals surface area contributed by atoms with E-state index in [2.05, 4.69) is 5.32 Å². The molecule has 0 aliphatic rings. The lowest BCUT2D eigenvalue weighted by atomic mass is 10.1. The number of carbonyl (C=O) groups excluding carboxylic acids is 2. The summed E-state index contributed by atoms with van der Waals surface area (Å²) in [6, 6.07) is 18.5. The van der Waals surface area contributed by atoms with Crippen molar-refractivity contribution < 1.29 is 36.1 Å². The number of aromatic nitrogens is 1. The summed E-state index contributed by atoms with van der Waals surface area (Å²) in [6.07, 6.45) is 3.25. The normalized spacial score (nSPS) is 9.93. The first-order chi connectivity index (χ1) is 13.5. The number of hydrogen-bond acceptors (Lipinski definition) is 4. The highest BCUT2D eigenvalue weighted by molar-refractivity contribution is 5.96. The number of nitro groups is 1. The number of nitrogens with one attached hydrogen (secondary N) is 1. The van der Waals surface area contributed by atoms with Crippen molar-refractivity contribution in [1.29, 1.82) is 0 Å². The summed E-state index contributed by atoms with van der Waals surface area (Å²) in [5.74, 6) is -0.531. The second-order valence-electron chi connectivity index (χ2n) is 6.16. The number of amides is 1. The third-order valence-corrected chi connectivity index (χ3v) is 4.12. The maximum Gasteiger partial charge on any atom is 0.270 e. The van der Waals surface area contributed by atoms with Crippen molar-refractivity contribution >= 4 is 17.4 Å². The number of Topliss-reactive ketones (excluding diaryl/α,β-unsaturated/α-hetero) is 1. The third kappa shape index (κ3) is 6.05. The van der Waals surface area contributed by atoms with Crippen LogP contribution in [-0.2, 0) is 13.1 Å². The minimum atomic E-state index is -0.540. The number of benzene rings is 2. The molecule has 0 aliphatic carbocycles. The van der Waals surface area contributed by atoms with E-state index in [0.29, 0.717) is 12.1 Å². The minimum Gasteiger partial charge on any atom is -1.00 e. The molecule has 1 aromatic heterocycles. The first-order valence-electron chi connectivity index (χ1n) is 8.62. The molecule has 0 saturated carbocycles. The third-order valence-electron chi connectivity index (χ3n) is 4.12. The van der Waals surface area contributed by atoms with Gasteiger partial charge in [-0.15, -0.1) is 0 Å². The Kier molecular flexibility index (Phi) is 7.73. The standard InChI is InChI=1S/C21H17N3O4.BrH/c25-20(17-8-4-10-19(12-17)24(27)28)15-23-11-5-9-18(14-23)21(26)22-13-16-6-2-1-3-7-16;/h1-12,14H,13,15H2;1H. The van der Waals surface area contributed by atoms with Gasteiger partial charge in [-0.05, 0) is 11.6 Å². The van der Waals surface area contributed by atoms with Gasteiger partial charge >= 0.3 is 0 Å². The number of nitro benzene ring substituents is 1. The lowest BCUT2D eigenvalue weighted by molar-refractivity contribution is -0.683. The van der Waals surface area contributed by atoms with Crippen LogP contribution in [-0.4, -0.2) is 16.6 Å². The van der Waals surface area contributed by atoms with Crippen LogP contribution in [0, 0.1) is 10.1 Å². The number of nitrogens with zero attached hydrogens (tertiary/aromatic N) is 2. The zero-order chi connectivity index (χ0) is 19.9. The van der Waals surface area contributed by atoms with Gasteiger partial charge in [0.25, 0.3) is 11.6 Å². The summed E-state index contributed by atoms with van der Waals surface area (Å²) < 4.78 is 1.58. The minimum absolute atomic E-state index is 0. The van der Waals surface area contributed by atoms with Crippen LogP contribution in [0.15, 0.2) is 79.1 Å². The first-order valence-corrected chi connectivity index (χ1v) is 8.62. The van der Waals surface area contributed by atoms with E-state index in [1.54, 1.807) is 29.1 Å². The molecule has 0 fully saturated rings. The molecule has 1 heterocycles. The Morgan fingerprint density at radius 3 is 2.41 bits per heavy atom. The van der Waals surface area contributed by atoms with E-state index >= 15 is 0 Å². The Bertz CT molecular complexity index is 1030. The molecule has 7 nitrogen and oxygen atoms in total. The molecule has 0 aliphatic heterocycles. The molecular formula is C21H18BrN3O4. The molecule has 1 N–H and O–H groups in total. The highest BCUT2D eigenvalue weighted by Gasteiger charge is 2.17. The predicted molar refractivity (Wildman–Crippen MR) is 102 cm³/mol. The average Bonchev–Trinajstić information content (AvgIpc) is 2.73. The Balaban J connectivity index is 0.00000300. The van der Waals surface area contributed by atoms with Gasteiger partial charge in [-0.1, -0.05) is 42.5 Å². The average molecular weight is 456 g/mol. The summed E-state index contributed by atoms with van der Waals surface area (Å²) in [6.45, 7) is 0.377. The van der Waals surface area contributed by atoms with Crippen LogP contribution in [0.4, 0.5) is 5.69 Å². The van der Waals surface area contributed by atoms with E-state index in [-0.39, 0.29) is 46.5 Å². The molecule has 0 unspecified atom stereocenters. The molecule has 29 heavy (non-hydrogen) atoms. The summed E-state index contributed by atoms with van der Waals surface area (Å²) in [5, 5.41) is 13.7. The van der Waals surface area contributed by atoms with E-state index in [0.717, 1.165) is 5.56 Å². The van der Waals surface area contributed by atoms with E-state index in [1.807, 2.05) is 30.3 Å². The molecule has 148 valence electrons. The van der Waals surface area contributed by atoms with E-state index < -0.39 is 4.92 Å². The molecular weight excluding hydrogens is 438 g/mol. The lowest BCUT2D eigenvalue weighted by Gasteiger charge is -2.05. The van der Waals surface area contributed by atoms with E-state index in [1.165, 1.54) is 24.3 Å². The number of ketones is 1. The van der Waals surface area contributed by atoms with Gasteiger partial charge in [0, 0.05) is 30.3 Å². The molecule has 8 heteroatoms. The second kappa shape index (κ2) is 10.2. The van der Waals surface area contributed by atoms with Crippen LogP contribution in [0.5, 0.6) is 0 Å². The topological polar surface area (TPSA) is 93.2 Å². The van der Waals surface area contributed by atoms with Crippen molar-refractivity contribution in [2.45, 2.75) is 13.1 Å². The highest BCUT2D eigenvalue weighted by Crippen LogP contribution is 2.13.